The number of hydrogen-bond donors (Lipinski definition) is 4. The third-order valence-electron chi connectivity index (χ3n) is 5.59. The van der Waals surface area contributed by atoms with Gasteiger partial charge in [-0.3, -0.25) is 14.9 Å². The van der Waals surface area contributed by atoms with Crippen LogP contribution in [0.3, 0.4) is 0 Å². The summed E-state index contributed by atoms with van der Waals surface area (Å²) in [6.45, 7) is 0.795. The highest BCUT2D eigenvalue weighted by Crippen LogP contribution is 2.24. The number of urea groups is 1. The number of halogens is 1. The van der Waals surface area contributed by atoms with Gasteiger partial charge in [-0.1, -0.05) is 24.3 Å². The van der Waals surface area contributed by atoms with Crippen LogP contribution < -0.4 is 21.7 Å². The molecule has 0 bridgehead atoms. The fraction of sp³-hybridized carbons (Fsp3) is 0.231. The van der Waals surface area contributed by atoms with Crippen LogP contribution in [0.2, 0.25) is 0 Å². The minimum absolute atomic E-state index is 0.0878. The molecule has 194 valence electrons. The number of anilines is 3. The highest BCUT2D eigenvalue weighted by molar-refractivity contribution is 6.05. The second kappa shape index (κ2) is 12.5. The van der Waals surface area contributed by atoms with Gasteiger partial charge in [0.15, 0.2) is 0 Å². The number of benzene rings is 3. The lowest BCUT2D eigenvalue weighted by Crippen LogP contribution is -2.33. The largest absolute Gasteiger partial charge is 0.397 e. The summed E-state index contributed by atoms with van der Waals surface area (Å²) in [4.78, 5) is 37.5. The van der Waals surface area contributed by atoms with E-state index in [1.165, 1.54) is 6.07 Å². The molecule has 0 fully saturated rings. The number of nitrogens with two attached hydrogens (primary N) is 1. The molecular weight excluding hydrogens is 479 g/mol. The molecule has 0 aliphatic heterocycles. The summed E-state index contributed by atoms with van der Waals surface area (Å²) in [7, 11) is 3.90. The molecule has 3 aromatic rings. The van der Waals surface area contributed by atoms with Gasteiger partial charge in [-0.2, -0.15) is 4.39 Å². The minimum atomic E-state index is -0.989. The Morgan fingerprint density at radius 2 is 1.76 bits per heavy atom. The van der Waals surface area contributed by atoms with Crippen LogP contribution in [0.25, 0.3) is 0 Å². The maximum Gasteiger partial charge on any atom is 0.319 e. The molecule has 10 nitrogen and oxygen atoms in total. The van der Waals surface area contributed by atoms with Gasteiger partial charge in [0.25, 0.3) is 5.91 Å². The predicted molar refractivity (Wildman–Crippen MR) is 141 cm³/mol. The summed E-state index contributed by atoms with van der Waals surface area (Å²) in [6.07, 6.45) is 1.37. The first-order valence-electron chi connectivity index (χ1n) is 11.6. The molecule has 1 atom stereocenters. The maximum absolute atomic E-state index is 13.6. The van der Waals surface area contributed by atoms with Crippen molar-refractivity contribution in [2.24, 2.45) is 0 Å². The number of carbonyl (C=O) groups is 2. The molecule has 11 heteroatoms. The lowest BCUT2D eigenvalue weighted by molar-refractivity contribution is -0.387. The smallest absolute Gasteiger partial charge is 0.319 e. The van der Waals surface area contributed by atoms with Crippen LogP contribution in [0.5, 0.6) is 0 Å². The van der Waals surface area contributed by atoms with Crippen LogP contribution in [-0.4, -0.2) is 42.4 Å². The summed E-state index contributed by atoms with van der Waals surface area (Å²) >= 11 is 0. The Labute approximate surface area is 213 Å². The molecule has 0 aromatic heterocycles. The number of para-hydroxylation sites is 2. The Morgan fingerprint density at radius 1 is 1.05 bits per heavy atom. The van der Waals surface area contributed by atoms with Crippen LogP contribution in [0, 0.1) is 15.9 Å². The summed E-state index contributed by atoms with van der Waals surface area (Å²) in [6, 6.07) is 15.9. The van der Waals surface area contributed by atoms with Crippen molar-refractivity contribution in [2.75, 3.05) is 37.0 Å². The SMILES string of the molecule is CN(C)CCCC(NC(=O)Nc1ccc(F)c([N+](=O)[O-])c1)c1ccc(C(=O)Nc2ccccc2N)cc1. The third-order valence-corrected chi connectivity index (χ3v) is 5.59. The number of nitrogen functional groups attached to an aromatic ring is 1. The van der Waals surface area contributed by atoms with E-state index in [-0.39, 0.29) is 11.6 Å². The minimum Gasteiger partial charge on any atom is -0.397 e. The van der Waals surface area contributed by atoms with Crippen LogP contribution in [0.4, 0.5) is 31.9 Å². The Balaban J connectivity index is 1.72. The molecule has 0 saturated carbocycles. The first-order valence-corrected chi connectivity index (χ1v) is 11.6. The molecule has 3 rings (SSSR count). The molecular formula is C26H29FN6O4. The number of nitrogens with one attached hydrogen (secondary N) is 3. The average Bonchev–Trinajstić information content (AvgIpc) is 2.85. The molecule has 3 aromatic carbocycles. The molecule has 0 aliphatic carbocycles. The number of nitro groups is 1. The Bertz CT molecular complexity index is 1270. The van der Waals surface area contributed by atoms with Crippen molar-refractivity contribution in [1.29, 1.82) is 0 Å². The van der Waals surface area contributed by atoms with Crippen molar-refractivity contribution in [3.05, 3.63) is 93.8 Å². The molecule has 0 radical (unpaired) electrons. The van der Waals surface area contributed by atoms with E-state index in [9.17, 15) is 24.1 Å². The van der Waals surface area contributed by atoms with Gasteiger partial charge in [0.2, 0.25) is 5.82 Å². The maximum atomic E-state index is 13.6. The van der Waals surface area contributed by atoms with Crippen molar-refractivity contribution < 1.29 is 18.9 Å². The Morgan fingerprint density at radius 3 is 2.41 bits per heavy atom. The molecule has 0 saturated heterocycles. The second-order valence-electron chi connectivity index (χ2n) is 8.68. The monoisotopic (exact) mass is 508 g/mol. The van der Waals surface area contributed by atoms with Gasteiger partial charge in [0.05, 0.1) is 22.3 Å². The molecule has 37 heavy (non-hydrogen) atoms. The van der Waals surface area contributed by atoms with Gasteiger partial charge in [-0.05, 0) is 75.4 Å². The number of nitrogens with zero attached hydrogens (tertiary/aromatic N) is 2. The normalized spacial score (nSPS) is 11.6. The number of amides is 3. The predicted octanol–water partition coefficient (Wildman–Crippen LogP) is 4.77. The first kappa shape index (κ1) is 27.1. The molecule has 0 spiro atoms. The van der Waals surface area contributed by atoms with Gasteiger partial charge >= 0.3 is 11.7 Å². The number of nitro benzene ring substituents is 1. The zero-order valence-corrected chi connectivity index (χ0v) is 20.5. The van der Waals surface area contributed by atoms with Crippen LogP contribution in [0.1, 0.15) is 34.8 Å². The highest BCUT2D eigenvalue weighted by atomic mass is 19.1. The first-order chi connectivity index (χ1) is 17.6. The van der Waals surface area contributed by atoms with E-state index in [2.05, 4.69) is 16.0 Å². The standard InChI is InChI=1S/C26H29FN6O4/c1-32(2)15-5-8-22(31-26(35)29-19-13-14-20(27)24(16-19)33(36)37)17-9-11-18(12-10-17)25(34)30-23-7-4-3-6-21(23)28/h3-4,6-7,9-14,16,22H,5,8,15,28H2,1-2H3,(H,30,34)(H2,29,31,35). The van der Waals surface area contributed by atoms with Gasteiger partial charge < -0.3 is 26.6 Å². The van der Waals surface area contributed by atoms with Crippen molar-refractivity contribution in [1.82, 2.24) is 10.2 Å². The lowest BCUT2D eigenvalue weighted by Gasteiger charge is -2.21. The lowest BCUT2D eigenvalue weighted by atomic mass is 10.00. The quantitative estimate of drug-likeness (QED) is 0.176. The number of carbonyl (C=O) groups excluding carboxylic acids is 2. The van der Waals surface area contributed by atoms with E-state index in [0.717, 1.165) is 30.7 Å². The summed E-state index contributed by atoms with van der Waals surface area (Å²) in [5.41, 5.74) is 7.41. The molecule has 1 unspecified atom stereocenters. The van der Waals surface area contributed by atoms with Crippen molar-refractivity contribution >= 4 is 34.7 Å². The molecule has 0 aliphatic rings. The molecule has 3 amide bonds. The van der Waals surface area contributed by atoms with E-state index in [0.29, 0.717) is 23.4 Å². The van der Waals surface area contributed by atoms with E-state index in [1.54, 1.807) is 48.5 Å². The molecule has 5 N–H and O–H groups in total. The van der Waals surface area contributed by atoms with Gasteiger partial charge in [0.1, 0.15) is 0 Å². The summed E-state index contributed by atoms with van der Waals surface area (Å²) in [5.74, 6) is -1.31. The number of hydrogen-bond acceptors (Lipinski definition) is 6. The average molecular weight is 509 g/mol. The van der Waals surface area contributed by atoms with Crippen molar-refractivity contribution in [3.63, 3.8) is 0 Å². The summed E-state index contributed by atoms with van der Waals surface area (Å²) < 4.78 is 13.6. The van der Waals surface area contributed by atoms with Crippen molar-refractivity contribution in [2.45, 2.75) is 18.9 Å². The van der Waals surface area contributed by atoms with E-state index >= 15 is 0 Å². The fourth-order valence-corrected chi connectivity index (χ4v) is 3.66. The van der Waals surface area contributed by atoms with Crippen LogP contribution >= 0.6 is 0 Å². The topological polar surface area (TPSA) is 143 Å². The number of rotatable bonds is 10. The van der Waals surface area contributed by atoms with E-state index in [1.807, 2.05) is 19.0 Å². The third kappa shape index (κ3) is 7.74. The van der Waals surface area contributed by atoms with E-state index < -0.39 is 28.5 Å². The zero-order chi connectivity index (χ0) is 26.9. The van der Waals surface area contributed by atoms with E-state index in [4.69, 9.17) is 5.73 Å². The van der Waals surface area contributed by atoms with Crippen molar-refractivity contribution in [3.8, 4) is 0 Å². The fourth-order valence-electron chi connectivity index (χ4n) is 3.66. The highest BCUT2D eigenvalue weighted by Gasteiger charge is 2.19. The zero-order valence-electron chi connectivity index (χ0n) is 20.5. The van der Waals surface area contributed by atoms with Crippen LogP contribution in [0.15, 0.2) is 66.7 Å². The Hall–Kier alpha value is -4.51. The Kier molecular flexibility index (Phi) is 9.11. The summed E-state index contributed by atoms with van der Waals surface area (Å²) in [5, 5.41) is 19.1. The second-order valence-corrected chi connectivity index (χ2v) is 8.68. The molecule has 0 heterocycles. The van der Waals surface area contributed by atoms with Gasteiger partial charge in [0, 0.05) is 17.3 Å². The van der Waals surface area contributed by atoms with Gasteiger partial charge in [-0.25, -0.2) is 4.79 Å². The van der Waals surface area contributed by atoms with Gasteiger partial charge in [-0.15, -0.1) is 0 Å². The van der Waals surface area contributed by atoms with Crippen LogP contribution in [-0.2, 0) is 0 Å².